The average Bonchev–Trinajstić information content (AvgIpc) is 2.86. The van der Waals surface area contributed by atoms with E-state index in [1.165, 1.54) is 0 Å². The third-order valence-corrected chi connectivity index (χ3v) is 3.83. The summed E-state index contributed by atoms with van der Waals surface area (Å²) in [4.78, 5) is 14.4. The molecule has 0 unspecified atom stereocenters. The van der Waals surface area contributed by atoms with E-state index in [2.05, 4.69) is 13.0 Å². The van der Waals surface area contributed by atoms with Gasteiger partial charge in [0.15, 0.2) is 0 Å². The molecule has 1 aliphatic rings. The van der Waals surface area contributed by atoms with Gasteiger partial charge in [0, 0.05) is 6.54 Å². The van der Waals surface area contributed by atoms with Gasteiger partial charge in [-0.1, -0.05) is 19.1 Å². The summed E-state index contributed by atoms with van der Waals surface area (Å²) in [6.45, 7) is 8.36. The Hall–Kier alpha value is -2.02. The highest BCUT2D eigenvalue weighted by Crippen LogP contribution is 2.38. The molecule has 0 aliphatic heterocycles. The fraction of sp³-hybridized carbons (Fsp3) is 0.556. The largest absolute Gasteiger partial charge is 0.444 e. The number of amides is 1. The number of hydrogen-bond acceptors (Lipinski definition) is 3. The van der Waals surface area contributed by atoms with E-state index in [4.69, 9.17) is 4.74 Å². The van der Waals surface area contributed by atoms with Crippen molar-refractivity contribution in [1.29, 1.82) is 5.26 Å². The predicted octanol–water partition coefficient (Wildman–Crippen LogP) is 4.19. The summed E-state index contributed by atoms with van der Waals surface area (Å²) in [5.74, 6) is 0. The summed E-state index contributed by atoms with van der Waals surface area (Å²) in [5.41, 5.74) is 2.40. The Morgan fingerprint density at radius 1 is 1.45 bits per heavy atom. The normalized spacial score (nSPS) is 16.8. The molecule has 22 heavy (non-hydrogen) atoms. The molecule has 0 spiro atoms. The first-order chi connectivity index (χ1) is 10.4. The molecule has 0 N–H and O–H groups in total. The van der Waals surface area contributed by atoms with Crippen LogP contribution in [0.3, 0.4) is 0 Å². The van der Waals surface area contributed by atoms with Gasteiger partial charge in [0.2, 0.25) is 0 Å². The maximum Gasteiger partial charge on any atom is 0.410 e. The van der Waals surface area contributed by atoms with Crippen LogP contribution in [0, 0.1) is 11.3 Å². The van der Waals surface area contributed by atoms with Crippen LogP contribution in [0.5, 0.6) is 0 Å². The summed E-state index contributed by atoms with van der Waals surface area (Å²) in [6, 6.07) is 8.04. The highest BCUT2D eigenvalue weighted by atomic mass is 16.6. The predicted molar refractivity (Wildman–Crippen MR) is 85.5 cm³/mol. The number of ether oxygens (including phenoxy) is 1. The lowest BCUT2D eigenvalue weighted by atomic mass is 10.0. The van der Waals surface area contributed by atoms with Crippen molar-refractivity contribution in [1.82, 2.24) is 4.90 Å². The molecule has 0 radical (unpaired) electrons. The van der Waals surface area contributed by atoms with Gasteiger partial charge >= 0.3 is 6.09 Å². The van der Waals surface area contributed by atoms with Gasteiger partial charge in [-0.05, 0) is 57.2 Å². The van der Waals surface area contributed by atoms with Gasteiger partial charge in [0.25, 0.3) is 0 Å². The monoisotopic (exact) mass is 300 g/mol. The van der Waals surface area contributed by atoms with Crippen LogP contribution < -0.4 is 0 Å². The summed E-state index contributed by atoms with van der Waals surface area (Å²) >= 11 is 0. The Kier molecular flexibility index (Phi) is 4.75. The third kappa shape index (κ3) is 3.41. The molecule has 1 atom stereocenters. The number of nitrogens with zero attached hydrogens (tertiary/aromatic N) is 2. The van der Waals surface area contributed by atoms with Crippen molar-refractivity contribution >= 4 is 6.09 Å². The Labute approximate surface area is 132 Å². The van der Waals surface area contributed by atoms with Crippen LogP contribution in [0.4, 0.5) is 4.79 Å². The highest BCUT2D eigenvalue weighted by molar-refractivity contribution is 5.69. The zero-order chi connectivity index (χ0) is 16.3. The van der Waals surface area contributed by atoms with Crippen molar-refractivity contribution in [3.63, 3.8) is 0 Å². The fourth-order valence-electron chi connectivity index (χ4n) is 3.00. The second-order valence-electron chi connectivity index (χ2n) is 6.71. The quantitative estimate of drug-likeness (QED) is 0.841. The van der Waals surface area contributed by atoms with Crippen LogP contribution >= 0.6 is 0 Å². The van der Waals surface area contributed by atoms with Crippen molar-refractivity contribution in [2.75, 3.05) is 6.54 Å². The van der Waals surface area contributed by atoms with Crippen molar-refractivity contribution in [3.05, 3.63) is 34.9 Å². The zero-order valence-electron chi connectivity index (χ0n) is 13.8. The van der Waals surface area contributed by atoms with E-state index < -0.39 is 5.60 Å². The first-order valence-electron chi connectivity index (χ1n) is 7.89. The first-order valence-corrected chi connectivity index (χ1v) is 7.89. The minimum Gasteiger partial charge on any atom is -0.444 e. The summed E-state index contributed by atoms with van der Waals surface area (Å²) in [7, 11) is 0. The second kappa shape index (κ2) is 6.39. The van der Waals surface area contributed by atoms with Gasteiger partial charge in [-0.3, -0.25) is 0 Å². The SMILES string of the molecule is CCCN(C(=O)OC(C)(C)C)[C@H]1CCc2c(C#N)cccc21. The molecule has 0 fully saturated rings. The molecule has 0 heterocycles. The van der Waals surface area contributed by atoms with E-state index in [-0.39, 0.29) is 12.1 Å². The smallest absolute Gasteiger partial charge is 0.410 e. The van der Waals surface area contributed by atoms with Crippen LogP contribution in [0.2, 0.25) is 0 Å². The minimum absolute atomic E-state index is 0.0121. The molecular weight excluding hydrogens is 276 g/mol. The lowest BCUT2D eigenvalue weighted by Gasteiger charge is -2.32. The summed E-state index contributed by atoms with van der Waals surface area (Å²) < 4.78 is 5.56. The minimum atomic E-state index is -0.501. The van der Waals surface area contributed by atoms with E-state index >= 15 is 0 Å². The molecule has 4 heteroatoms. The maximum absolute atomic E-state index is 12.5. The first kappa shape index (κ1) is 16.4. The number of nitriles is 1. The molecule has 0 aromatic heterocycles. The number of fused-ring (bicyclic) bond motifs is 1. The molecule has 0 bridgehead atoms. The fourth-order valence-corrected chi connectivity index (χ4v) is 3.00. The standard InChI is InChI=1S/C18H24N2O2/c1-5-11-20(17(21)22-18(2,3)4)16-10-9-14-13(12-19)7-6-8-15(14)16/h6-8,16H,5,9-11H2,1-4H3/t16-/m0/s1. The Morgan fingerprint density at radius 3 is 2.77 bits per heavy atom. The molecule has 4 nitrogen and oxygen atoms in total. The van der Waals surface area contributed by atoms with E-state index in [0.717, 1.165) is 36.0 Å². The lowest BCUT2D eigenvalue weighted by molar-refractivity contribution is 0.0158. The number of hydrogen-bond donors (Lipinski definition) is 0. The lowest BCUT2D eigenvalue weighted by Crippen LogP contribution is -2.39. The Bertz CT molecular complexity index is 596. The van der Waals surface area contributed by atoms with Crippen LogP contribution in [0.1, 0.15) is 63.3 Å². The van der Waals surface area contributed by atoms with Gasteiger partial charge in [0.1, 0.15) is 5.60 Å². The summed E-state index contributed by atoms with van der Waals surface area (Å²) in [6.07, 6.45) is 2.30. The number of carbonyl (C=O) groups excluding carboxylic acids is 1. The highest BCUT2D eigenvalue weighted by Gasteiger charge is 2.34. The maximum atomic E-state index is 12.5. The second-order valence-corrected chi connectivity index (χ2v) is 6.71. The zero-order valence-corrected chi connectivity index (χ0v) is 13.8. The van der Waals surface area contributed by atoms with Gasteiger partial charge in [0.05, 0.1) is 17.7 Å². The molecule has 1 aromatic carbocycles. The molecular formula is C18H24N2O2. The summed E-state index contributed by atoms with van der Waals surface area (Å²) in [5, 5.41) is 9.24. The van der Waals surface area contributed by atoms with E-state index in [1.807, 2.05) is 43.9 Å². The van der Waals surface area contributed by atoms with Crippen molar-refractivity contribution in [2.45, 2.75) is 58.6 Å². The number of carbonyl (C=O) groups is 1. The van der Waals surface area contributed by atoms with Crippen LogP contribution in [-0.4, -0.2) is 23.1 Å². The van der Waals surface area contributed by atoms with Crippen molar-refractivity contribution in [3.8, 4) is 6.07 Å². The molecule has 118 valence electrons. The molecule has 0 saturated carbocycles. The Balaban J connectivity index is 2.30. The molecule has 1 aromatic rings. The van der Waals surface area contributed by atoms with Crippen LogP contribution in [-0.2, 0) is 11.2 Å². The van der Waals surface area contributed by atoms with Crippen molar-refractivity contribution in [2.24, 2.45) is 0 Å². The van der Waals surface area contributed by atoms with Gasteiger partial charge in [-0.2, -0.15) is 5.26 Å². The van der Waals surface area contributed by atoms with E-state index in [0.29, 0.717) is 6.54 Å². The van der Waals surface area contributed by atoms with Gasteiger partial charge in [-0.25, -0.2) is 4.79 Å². The molecule has 2 rings (SSSR count). The third-order valence-electron chi connectivity index (χ3n) is 3.83. The van der Waals surface area contributed by atoms with Gasteiger partial charge in [-0.15, -0.1) is 0 Å². The van der Waals surface area contributed by atoms with E-state index in [9.17, 15) is 10.1 Å². The van der Waals surface area contributed by atoms with Gasteiger partial charge < -0.3 is 9.64 Å². The average molecular weight is 300 g/mol. The number of rotatable bonds is 3. The Morgan fingerprint density at radius 2 is 2.18 bits per heavy atom. The molecule has 0 saturated heterocycles. The van der Waals surface area contributed by atoms with Crippen LogP contribution in [0.15, 0.2) is 18.2 Å². The molecule has 1 amide bonds. The van der Waals surface area contributed by atoms with E-state index in [1.54, 1.807) is 0 Å². The number of benzene rings is 1. The van der Waals surface area contributed by atoms with Crippen molar-refractivity contribution < 1.29 is 9.53 Å². The molecule has 1 aliphatic carbocycles. The van der Waals surface area contributed by atoms with Crippen LogP contribution in [0.25, 0.3) is 0 Å². The topological polar surface area (TPSA) is 53.3 Å².